The average molecular weight is 235 g/mol. The lowest BCUT2D eigenvalue weighted by Crippen LogP contribution is -2.51. The molecule has 4 nitrogen and oxygen atoms in total. The summed E-state index contributed by atoms with van der Waals surface area (Å²) in [5.74, 6) is 0.989. The van der Waals surface area contributed by atoms with Crippen LogP contribution in [-0.4, -0.2) is 47.7 Å². The van der Waals surface area contributed by atoms with Gasteiger partial charge in [0.1, 0.15) is 5.82 Å². The summed E-state index contributed by atoms with van der Waals surface area (Å²) in [5.41, 5.74) is 0.932. The summed E-state index contributed by atoms with van der Waals surface area (Å²) in [5, 5.41) is 9.15. The SMILES string of the molecule is CCC1CN(c2cc(CO)ccn2)CCN1C. The normalized spacial score (nSPS) is 21.8. The Hall–Kier alpha value is -1.13. The summed E-state index contributed by atoms with van der Waals surface area (Å²) in [6.45, 7) is 5.41. The van der Waals surface area contributed by atoms with Crippen molar-refractivity contribution >= 4 is 5.82 Å². The van der Waals surface area contributed by atoms with Crippen molar-refractivity contribution in [2.45, 2.75) is 26.0 Å². The Balaban J connectivity index is 2.11. The Kier molecular flexibility index (Phi) is 3.97. The third-order valence-corrected chi connectivity index (χ3v) is 3.56. The molecular formula is C13H21N3O. The van der Waals surface area contributed by atoms with E-state index in [1.165, 1.54) is 0 Å². The second kappa shape index (κ2) is 5.47. The van der Waals surface area contributed by atoms with E-state index in [0.29, 0.717) is 6.04 Å². The number of hydrogen-bond acceptors (Lipinski definition) is 4. The summed E-state index contributed by atoms with van der Waals surface area (Å²) in [4.78, 5) is 9.12. The van der Waals surface area contributed by atoms with Gasteiger partial charge < -0.3 is 10.0 Å². The molecule has 1 aliphatic rings. The summed E-state index contributed by atoms with van der Waals surface area (Å²) >= 11 is 0. The van der Waals surface area contributed by atoms with Crippen molar-refractivity contribution in [3.05, 3.63) is 23.9 Å². The van der Waals surface area contributed by atoms with Crippen molar-refractivity contribution in [1.29, 1.82) is 0 Å². The first-order chi connectivity index (χ1) is 8.24. The van der Waals surface area contributed by atoms with Crippen molar-refractivity contribution in [3.63, 3.8) is 0 Å². The Morgan fingerprint density at radius 1 is 1.47 bits per heavy atom. The molecule has 17 heavy (non-hydrogen) atoms. The van der Waals surface area contributed by atoms with Crippen molar-refractivity contribution in [2.24, 2.45) is 0 Å². The number of aliphatic hydroxyl groups excluding tert-OH is 1. The molecule has 0 aliphatic carbocycles. The van der Waals surface area contributed by atoms with E-state index in [-0.39, 0.29) is 6.61 Å². The number of aliphatic hydroxyl groups is 1. The summed E-state index contributed by atoms with van der Waals surface area (Å²) in [6.07, 6.45) is 2.94. The Labute approximate surface area is 103 Å². The van der Waals surface area contributed by atoms with E-state index >= 15 is 0 Å². The fourth-order valence-electron chi connectivity index (χ4n) is 2.33. The van der Waals surface area contributed by atoms with Crippen molar-refractivity contribution in [1.82, 2.24) is 9.88 Å². The minimum atomic E-state index is 0.0838. The van der Waals surface area contributed by atoms with Crippen LogP contribution in [0.5, 0.6) is 0 Å². The summed E-state index contributed by atoms with van der Waals surface area (Å²) in [7, 11) is 2.18. The van der Waals surface area contributed by atoms with Gasteiger partial charge in [-0.3, -0.25) is 4.90 Å². The number of piperazine rings is 1. The van der Waals surface area contributed by atoms with Crippen LogP contribution in [0.15, 0.2) is 18.3 Å². The number of likely N-dealkylation sites (N-methyl/N-ethyl adjacent to an activating group) is 1. The molecule has 1 unspecified atom stereocenters. The monoisotopic (exact) mass is 235 g/mol. The van der Waals surface area contributed by atoms with E-state index in [9.17, 15) is 0 Å². The topological polar surface area (TPSA) is 39.6 Å². The van der Waals surface area contributed by atoms with Gasteiger partial charge in [-0.2, -0.15) is 0 Å². The predicted octanol–water partition coefficient (Wildman–Crippen LogP) is 1.10. The number of nitrogens with zero attached hydrogens (tertiary/aromatic N) is 3. The van der Waals surface area contributed by atoms with Gasteiger partial charge in [0, 0.05) is 31.9 Å². The van der Waals surface area contributed by atoms with Gasteiger partial charge in [-0.15, -0.1) is 0 Å². The number of anilines is 1. The highest BCUT2D eigenvalue weighted by Gasteiger charge is 2.23. The van der Waals surface area contributed by atoms with Crippen LogP contribution >= 0.6 is 0 Å². The molecule has 0 saturated carbocycles. The van der Waals surface area contributed by atoms with Gasteiger partial charge in [-0.1, -0.05) is 6.92 Å². The highest BCUT2D eigenvalue weighted by Crippen LogP contribution is 2.18. The van der Waals surface area contributed by atoms with Crippen LogP contribution in [-0.2, 0) is 6.61 Å². The second-order valence-corrected chi connectivity index (χ2v) is 4.67. The number of aromatic nitrogens is 1. The molecule has 1 atom stereocenters. The summed E-state index contributed by atoms with van der Waals surface area (Å²) < 4.78 is 0. The van der Waals surface area contributed by atoms with E-state index in [1.807, 2.05) is 12.1 Å². The Morgan fingerprint density at radius 2 is 2.29 bits per heavy atom. The van der Waals surface area contributed by atoms with Crippen LogP contribution in [0.3, 0.4) is 0 Å². The molecule has 2 rings (SSSR count). The van der Waals surface area contributed by atoms with E-state index in [4.69, 9.17) is 5.11 Å². The van der Waals surface area contributed by atoms with Crippen LogP contribution in [0.25, 0.3) is 0 Å². The lowest BCUT2D eigenvalue weighted by molar-refractivity contribution is 0.213. The van der Waals surface area contributed by atoms with Gasteiger partial charge in [-0.05, 0) is 31.2 Å². The number of rotatable bonds is 3. The van der Waals surface area contributed by atoms with Gasteiger partial charge in [0.05, 0.1) is 6.61 Å². The molecule has 1 N–H and O–H groups in total. The molecule has 4 heteroatoms. The molecule has 2 heterocycles. The van der Waals surface area contributed by atoms with E-state index in [0.717, 1.165) is 37.4 Å². The number of hydrogen-bond donors (Lipinski definition) is 1. The molecular weight excluding hydrogens is 214 g/mol. The fraction of sp³-hybridized carbons (Fsp3) is 0.615. The lowest BCUT2D eigenvalue weighted by atomic mass is 10.1. The maximum absolute atomic E-state index is 9.15. The molecule has 1 fully saturated rings. The van der Waals surface area contributed by atoms with Gasteiger partial charge in [0.25, 0.3) is 0 Å². The van der Waals surface area contributed by atoms with Crippen LogP contribution in [0.2, 0.25) is 0 Å². The van der Waals surface area contributed by atoms with Gasteiger partial charge in [0.15, 0.2) is 0 Å². The zero-order chi connectivity index (χ0) is 12.3. The smallest absolute Gasteiger partial charge is 0.128 e. The third kappa shape index (κ3) is 2.76. The largest absolute Gasteiger partial charge is 0.392 e. The van der Waals surface area contributed by atoms with Gasteiger partial charge in [0.2, 0.25) is 0 Å². The average Bonchev–Trinajstić information content (AvgIpc) is 2.39. The standard InChI is InChI=1S/C13H21N3O/c1-3-12-9-16(7-6-15(12)2)13-8-11(10-17)4-5-14-13/h4-5,8,12,17H,3,6-7,9-10H2,1-2H3. The van der Waals surface area contributed by atoms with Crippen LogP contribution in [0, 0.1) is 0 Å². The highest BCUT2D eigenvalue weighted by molar-refractivity contribution is 5.41. The van der Waals surface area contributed by atoms with Crippen molar-refractivity contribution < 1.29 is 5.11 Å². The lowest BCUT2D eigenvalue weighted by Gasteiger charge is -2.39. The fourth-order valence-corrected chi connectivity index (χ4v) is 2.33. The Morgan fingerprint density at radius 3 is 3.00 bits per heavy atom. The van der Waals surface area contributed by atoms with Gasteiger partial charge in [-0.25, -0.2) is 4.98 Å². The molecule has 0 bridgehead atoms. The van der Waals surface area contributed by atoms with Crippen molar-refractivity contribution in [3.8, 4) is 0 Å². The molecule has 94 valence electrons. The maximum atomic E-state index is 9.15. The molecule has 0 radical (unpaired) electrons. The molecule has 1 aliphatic heterocycles. The quantitative estimate of drug-likeness (QED) is 0.852. The molecule has 0 aromatic carbocycles. The van der Waals surface area contributed by atoms with Crippen LogP contribution in [0.4, 0.5) is 5.82 Å². The number of pyridine rings is 1. The van der Waals surface area contributed by atoms with E-state index in [2.05, 4.69) is 28.8 Å². The molecule has 0 spiro atoms. The Bertz CT molecular complexity index is 369. The minimum absolute atomic E-state index is 0.0838. The van der Waals surface area contributed by atoms with Crippen LogP contribution < -0.4 is 4.90 Å². The first-order valence-corrected chi connectivity index (χ1v) is 6.25. The molecule has 1 aromatic heterocycles. The van der Waals surface area contributed by atoms with Crippen LogP contribution in [0.1, 0.15) is 18.9 Å². The first kappa shape index (κ1) is 12.3. The van der Waals surface area contributed by atoms with E-state index in [1.54, 1.807) is 6.20 Å². The van der Waals surface area contributed by atoms with Crippen molar-refractivity contribution in [2.75, 3.05) is 31.6 Å². The summed E-state index contributed by atoms with van der Waals surface area (Å²) in [6, 6.07) is 4.44. The zero-order valence-corrected chi connectivity index (χ0v) is 10.6. The zero-order valence-electron chi connectivity index (χ0n) is 10.6. The second-order valence-electron chi connectivity index (χ2n) is 4.67. The van der Waals surface area contributed by atoms with E-state index < -0.39 is 0 Å². The maximum Gasteiger partial charge on any atom is 0.128 e. The molecule has 1 saturated heterocycles. The first-order valence-electron chi connectivity index (χ1n) is 6.25. The minimum Gasteiger partial charge on any atom is -0.392 e. The van der Waals surface area contributed by atoms with Gasteiger partial charge >= 0.3 is 0 Å². The molecule has 1 aromatic rings. The highest BCUT2D eigenvalue weighted by atomic mass is 16.3. The molecule has 0 amide bonds. The predicted molar refractivity (Wildman–Crippen MR) is 69.1 cm³/mol. The third-order valence-electron chi connectivity index (χ3n) is 3.56.